The molecule has 0 aliphatic carbocycles. The summed E-state index contributed by atoms with van der Waals surface area (Å²) in [6.07, 6.45) is 3.72. The number of ether oxygens (including phenoxy) is 1. The van der Waals surface area contributed by atoms with Gasteiger partial charge >= 0.3 is 0 Å². The zero-order valence-electron chi connectivity index (χ0n) is 9.72. The molecular formula is C12H15N3OS. The highest BCUT2D eigenvalue weighted by Crippen LogP contribution is 2.17. The Bertz CT molecular complexity index is 428. The van der Waals surface area contributed by atoms with Gasteiger partial charge < -0.3 is 10.1 Å². The van der Waals surface area contributed by atoms with Crippen LogP contribution in [0.15, 0.2) is 29.2 Å². The number of methoxy groups -OCH3 is 1. The second kappa shape index (κ2) is 6.44. The summed E-state index contributed by atoms with van der Waals surface area (Å²) in [4.78, 5) is 8.69. The van der Waals surface area contributed by atoms with Gasteiger partial charge in [-0.05, 0) is 11.4 Å². The Kier molecular flexibility index (Phi) is 4.61. The van der Waals surface area contributed by atoms with Crippen LogP contribution in [0.2, 0.25) is 0 Å². The van der Waals surface area contributed by atoms with E-state index in [-0.39, 0.29) is 0 Å². The first-order chi connectivity index (χ1) is 8.40. The lowest BCUT2D eigenvalue weighted by atomic mass is 10.3. The van der Waals surface area contributed by atoms with Gasteiger partial charge in [0.05, 0.1) is 6.61 Å². The lowest BCUT2D eigenvalue weighted by molar-refractivity contribution is 0.199. The monoisotopic (exact) mass is 249 g/mol. The van der Waals surface area contributed by atoms with Gasteiger partial charge in [-0.3, -0.25) is 0 Å². The van der Waals surface area contributed by atoms with Gasteiger partial charge in [0.15, 0.2) is 5.82 Å². The third-order valence-corrected chi connectivity index (χ3v) is 2.98. The summed E-state index contributed by atoms with van der Waals surface area (Å²) < 4.78 is 4.96. The average molecular weight is 249 g/mol. The summed E-state index contributed by atoms with van der Waals surface area (Å²) in [6.45, 7) is 2.32. The average Bonchev–Trinajstić information content (AvgIpc) is 2.89. The van der Waals surface area contributed by atoms with Crippen LogP contribution in [-0.2, 0) is 11.3 Å². The van der Waals surface area contributed by atoms with Crippen LogP contribution in [0.25, 0.3) is 11.4 Å². The molecule has 2 aromatic heterocycles. The van der Waals surface area contributed by atoms with Crippen molar-refractivity contribution in [2.75, 3.05) is 20.3 Å². The lowest BCUT2D eigenvalue weighted by Crippen LogP contribution is -2.18. The van der Waals surface area contributed by atoms with E-state index < -0.39 is 0 Å². The molecule has 0 saturated carbocycles. The minimum atomic E-state index is 0.716. The first-order valence-electron chi connectivity index (χ1n) is 5.43. The predicted octanol–water partition coefficient (Wildman–Crippen LogP) is 1.94. The largest absolute Gasteiger partial charge is 0.383 e. The summed E-state index contributed by atoms with van der Waals surface area (Å²) in [5.74, 6) is 0.784. The topological polar surface area (TPSA) is 47.0 Å². The fraction of sp³-hybridized carbons (Fsp3) is 0.333. The number of hydrogen-bond donors (Lipinski definition) is 1. The Labute approximate surface area is 105 Å². The quantitative estimate of drug-likeness (QED) is 0.795. The lowest BCUT2D eigenvalue weighted by Gasteiger charge is -2.04. The minimum Gasteiger partial charge on any atom is -0.383 e. The molecule has 0 atom stereocenters. The molecule has 2 heterocycles. The van der Waals surface area contributed by atoms with Crippen molar-refractivity contribution < 1.29 is 4.74 Å². The summed E-state index contributed by atoms with van der Waals surface area (Å²) in [7, 11) is 1.69. The van der Waals surface area contributed by atoms with E-state index in [1.165, 1.54) is 0 Å². The molecule has 0 unspecified atom stereocenters. The van der Waals surface area contributed by atoms with Gasteiger partial charge in [0.25, 0.3) is 0 Å². The SMILES string of the molecule is COCCNCc1cnc(-c2ccsc2)nc1. The Morgan fingerprint density at radius 1 is 1.35 bits per heavy atom. The molecule has 0 aliphatic rings. The van der Waals surface area contributed by atoms with Crippen LogP contribution in [0.4, 0.5) is 0 Å². The molecule has 0 aliphatic heterocycles. The summed E-state index contributed by atoms with van der Waals surface area (Å²) >= 11 is 1.65. The van der Waals surface area contributed by atoms with E-state index in [0.29, 0.717) is 6.61 Å². The molecule has 0 amide bonds. The minimum absolute atomic E-state index is 0.716. The summed E-state index contributed by atoms with van der Waals surface area (Å²) in [6, 6.07) is 2.02. The second-order valence-corrected chi connectivity index (χ2v) is 4.38. The van der Waals surface area contributed by atoms with Crippen LogP contribution in [0.5, 0.6) is 0 Å². The van der Waals surface area contributed by atoms with E-state index >= 15 is 0 Å². The maximum absolute atomic E-state index is 4.96. The van der Waals surface area contributed by atoms with Gasteiger partial charge in [0, 0.05) is 49.1 Å². The third-order valence-electron chi connectivity index (χ3n) is 2.30. The number of aromatic nitrogens is 2. The van der Waals surface area contributed by atoms with Gasteiger partial charge in [0.2, 0.25) is 0 Å². The van der Waals surface area contributed by atoms with Crippen LogP contribution in [0.3, 0.4) is 0 Å². The molecule has 4 nitrogen and oxygen atoms in total. The maximum atomic E-state index is 4.96. The zero-order valence-corrected chi connectivity index (χ0v) is 10.5. The fourth-order valence-electron chi connectivity index (χ4n) is 1.39. The maximum Gasteiger partial charge on any atom is 0.159 e. The molecule has 0 saturated heterocycles. The highest BCUT2D eigenvalue weighted by Gasteiger charge is 2.01. The van der Waals surface area contributed by atoms with E-state index in [9.17, 15) is 0 Å². The number of nitrogens with zero attached hydrogens (tertiary/aromatic N) is 2. The Morgan fingerprint density at radius 3 is 2.82 bits per heavy atom. The van der Waals surface area contributed by atoms with Crippen LogP contribution < -0.4 is 5.32 Å². The van der Waals surface area contributed by atoms with Crippen LogP contribution in [-0.4, -0.2) is 30.2 Å². The Balaban J connectivity index is 1.90. The van der Waals surface area contributed by atoms with Crippen molar-refractivity contribution in [2.24, 2.45) is 0 Å². The second-order valence-electron chi connectivity index (χ2n) is 3.60. The molecule has 0 aromatic carbocycles. The molecule has 1 N–H and O–H groups in total. The molecule has 90 valence electrons. The predicted molar refractivity (Wildman–Crippen MR) is 68.9 cm³/mol. The molecule has 0 spiro atoms. The Hall–Kier alpha value is -1.30. The standard InChI is InChI=1S/C12H15N3OS/c1-16-4-3-13-6-10-7-14-12(15-8-10)11-2-5-17-9-11/h2,5,7-9,13H,3-4,6H2,1H3. The van der Waals surface area contributed by atoms with E-state index in [1.54, 1.807) is 18.4 Å². The molecule has 2 rings (SSSR count). The van der Waals surface area contributed by atoms with Gasteiger partial charge in [-0.15, -0.1) is 0 Å². The summed E-state index contributed by atoms with van der Waals surface area (Å²) in [5.41, 5.74) is 2.16. The van der Waals surface area contributed by atoms with Crippen molar-refractivity contribution in [1.29, 1.82) is 0 Å². The number of rotatable bonds is 6. The molecule has 0 bridgehead atoms. The van der Waals surface area contributed by atoms with Crippen molar-refractivity contribution in [3.63, 3.8) is 0 Å². The molecule has 0 fully saturated rings. The van der Waals surface area contributed by atoms with Gasteiger partial charge in [-0.25, -0.2) is 9.97 Å². The van der Waals surface area contributed by atoms with E-state index in [0.717, 1.165) is 30.0 Å². The molecule has 17 heavy (non-hydrogen) atoms. The molecular weight excluding hydrogens is 234 g/mol. The molecule has 2 aromatic rings. The third kappa shape index (κ3) is 3.59. The molecule has 0 radical (unpaired) electrons. The van der Waals surface area contributed by atoms with Crippen molar-refractivity contribution in [1.82, 2.24) is 15.3 Å². The van der Waals surface area contributed by atoms with Gasteiger partial charge in [0.1, 0.15) is 0 Å². The normalized spacial score (nSPS) is 10.6. The number of nitrogens with one attached hydrogen (secondary N) is 1. The van der Waals surface area contributed by atoms with Crippen molar-refractivity contribution in [2.45, 2.75) is 6.54 Å². The smallest absolute Gasteiger partial charge is 0.159 e. The number of hydrogen-bond acceptors (Lipinski definition) is 5. The summed E-state index contributed by atoms with van der Waals surface area (Å²) in [5, 5.41) is 7.33. The highest BCUT2D eigenvalue weighted by molar-refractivity contribution is 7.08. The molecule has 5 heteroatoms. The Morgan fingerprint density at radius 2 is 2.18 bits per heavy atom. The van der Waals surface area contributed by atoms with Crippen LogP contribution in [0.1, 0.15) is 5.56 Å². The van der Waals surface area contributed by atoms with Gasteiger partial charge in [-0.2, -0.15) is 11.3 Å². The number of thiophene rings is 1. The van der Waals surface area contributed by atoms with Crippen LogP contribution >= 0.6 is 11.3 Å². The van der Waals surface area contributed by atoms with E-state index in [4.69, 9.17) is 4.74 Å². The zero-order chi connectivity index (χ0) is 11.9. The van der Waals surface area contributed by atoms with Crippen molar-refractivity contribution in [3.8, 4) is 11.4 Å². The highest BCUT2D eigenvalue weighted by atomic mass is 32.1. The van der Waals surface area contributed by atoms with Crippen molar-refractivity contribution in [3.05, 3.63) is 34.8 Å². The van der Waals surface area contributed by atoms with Crippen molar-refractivity contribution >= 4 is 11.3 Å². The fourth-order valence-corrected chi connectivity index (χ4v) is 2.03. The first kappa shape index (κ1) is 12.2. The van der Waals surface area contributed by atoms with E-state index in [2.05, 4.69) is 15.3 Å². The van der Waals surface area contributed by atoms with E-state index in [1.807, 2.05) is 29.2 Å². The van der Waals surface area contributed by atoms with Crippen LogP contribution in [0, 0.1) is 0 Å². The first-order valence-corrected chi connectivity index (χ1v) is 6.37. The van der Waals surface area contributed by atoms with Gasteiger partial charge in [-0.1, -0.05) is 0 Å².